The molecular weight excluding hydrogens is 600 g/mol. The van der Waals surface area contributed by atoms with Crippen LogP contribution in [0.25, 0.3) is 6.08 Å². The Labute approximate surface area is 232 Å². The zero-order valence-corrected chi connectivity index (χ0v) is 23.2. The SMILES string of the molecule is CCOc1cc(/C=C2\C(=O)NC(=O)N(c3ccc(C)c(Cl)c3)C2=O)cc(Br)c1OS(=O)(=O)c1ccccc1. The number of halogens is 2. The van der Waals surface area contributed by atoms with Gasteiger partial charge in [-0.1, -0.05) is 35.9 Å². The van der Waals surface area contributed by atoms with Gasteiger partial charge in [0.05, 0.1) is 16.8 Å². The molecule has 1 saturated heterocycles. The number of anilines is 1. The first kappa shape index (κ1) is 27.4. The fraction of sp³-hybridized carbons (Fsp3) is 0.115. The Morgan fingerprint density at radius 2 is 1.76 bits per heavy atom. The van der Waals surface area contributed by atoms with E-state index in [1.807, 2.05) is 0 Å². The third-order valence-electron chi connectivity index (χ3n) is 5.38. The summed E-state index contributed by atoms with van der Waals surface area (Å²) in [4.78, 5) is 39.1. The van der Waals surface area contributed by atoms with Crippen molar-refractivity contribution in [2.45, 2.75) is 18.7 Å². The molecule has 0 spiro atoms. The van der Waals surface area contributed by atoms with Gasteiger partial charge in [0.1, 0.15) is 10.5 Å². The molecule has 0 bridgehead atoms. The Hall–Kier alpha value is -3.67. The average molecular weight is 620 g/mol. The minimum absolute atomic E-state index is 0.0500. The van der Waals surface area contributed by atoms with E-state index >= 15 is 0 Å². The highest BCUT2D eigenvalue weighted by molar-refractivity contribution is 9.10. The zero-order valence-electron chi connectivity index (χ0n) is 20.0. The van der Waals surface area contributed by atoms with E-state index in [2.05, 4.69) is 21.2 Å². The van der Waals surface area contributed by atoms with E-state index in [4.69, 9.17) is 20.5 Å². The van der Waals surface area contributed by atoms with Crippen molar-refractivity contribution >= 4 is 67.3 Å². The molecule has 0 radical (unpaired) electrons. The van der Waals surface area contributed by atoms with Crippen LogP contribution in [-0.2, 0) is 19.7 Å². The molecule has 0 aliphatic carbocycles. The number of carbonyl (C=O) groups excluding carboxylic acids is 3. The Kier molecular flexibility index (Phi) is 7.91. The number of amides is 4. The van der Waals surface area contributed by atoms with Crippen molar-refractivity contribution in [1.82, 2.24) is 5.32 Å². The van der Waals surface area contributed by atoms with Crippen LogP contribution in [0.5, 0.6) is 11.5 Å². The minimum atomic E-state index is -4.18. The number of ether oxygens (including phenoxy) is 1. The molecule has 12 heteroatoms. The predicted octanol–water partition coefficient (Wildman–Crippen LogP) is 5.24. The van der Waals surface area contributed by atoms with Crippen LogP contribution >= 0.6 is 27.5 Å². The van der Waals surface area contributed by atoms with E-state index in [0.717, 1.165) is 10.5 Å². The number of nitrogens with zero attached hydrogens (tertiary/aromatic N) is 1. The normalized spacial score (nSPS) is 15.0. The summed E-state index contributed by atoms with van der Waals surface area (Å²) in [6.07, 6.45) is 1.26. The monoisotopic (exact) mass is 618 g/mol. The van der Waals surface area contributed by atoms with Gasteiger partial charge in [-0.3, -0.25) is 14.9 Å². The second kappa shape index (κ2) is 11.0. The minimum Gasteiger partial charge on any atom is -0.490 e. The van der Waals surface area contributed by atoms with Crippen LogP contribution in [-0.4, -0.2) is 32.9 Å². The summed E-state index contributed by atoms with van der Waals surface area (Å²) in [5.74, 6) is -1.81. The molecule has 1 fully saturated rings. The summed E-state index contributed by atoms with van der Waals surface area (Å²) < 4.78 is 36.7. The van der Waals surface area contributed by atoms with Gasteiger partial charge in [-0.05, 0) is 83.4 Å². The Balaban J connectivity index is 1.73. The van der Waals surface area contributed by atoms with Crippen molar-refractivity contribution in [1.29, 1.82) is 0 Å². The molecule has 3 aromatic carbocycles. The highest BCUT2D eigenvalue weighted by Crippen LogP contribution is 2.39. The number of rotatable bonds is 7. The van der Waals surface area contributed by atoms with E-state index in [1.165, 1.54) is 42.5 Å². The Morgan fingerprint density at radius 1 is 1.05 bits per heavy atom. The second-order valence-electron chi connectivity index (χ2n) is 8.00. The van der Waals surface area contributed by atoms with Crippen LogP contribution in [0.1, 0.15) is 18.1 Å². The molecule has 3 aromatic rings. The van der Waals surface area contributed by atoms with Gasteiger partial charge in [-0.2, -0.15) is 8.42 Å². The van der Waals surface area contributed by atoms with Crippen molar-refractivity contribution in [3.63, 3.8) is 0 Å². The lowest BCUT2D eigenvalue weighted by atomic mass is 10.1. The second-order valence-corrected chi connectivity index (χ2v) is 10.8. The number of benzene rings is 3. The van der Waals surface area contributed by atoms with Crippen molar-refractivity contribution < 1.29 is 31.7 Å². The molecule has 4 amide bonds. The van der Waals surface area contributed by atoms with Gasteiger partial charge < -0.3 is 8.92 Å². The van der Waals surface area contributed by atoms with Crippen LogP contribution in [0.3, 0.4) is 0 Å². The van der Waals surface area contributed by atoms with Crippen molar-refractivity contribution in [2.75, 3.05) is 11.5 Å². The quantitative estimate of drug-likeness (QED) is 0.218. The van der Waals surface area contributed by atoms with Crippen LogP contribution in [0.15, 0.2) is 75.6 Å². The molecule has 1 heterocycles. The summed E-state index contributed by atoms with van der Waals surface area (Å²) >= 11 is 9.46. The third kappa shape index (κ3) is 5.59. The van der Waals surface area contributed by atoms with Gasteiger partial charge in [0.25, 0.3) is 11.8 Å². The molecule has 1 aliphatic heterocycles. The summed E-state index contributed by atoms with van der Waals surface area (Å²) in [6.45, 7) is 3.64. The first-order valence-electron chi connectivity index (χ1n) is 11.2. The number of imide groups is 2. The molecule has 1 aliphatic rings. The molecule has 4 rings (SSSR count). The summed E-state index contributed by atoms with van der Waals surface area (Å²) in [5.41, 5.74) is 0.908. The summed E-state index contributed by atoms with van der Waals surface area (Å²) in [5, 5.41) is 2.49. The Morgan fingerprint density at radius 3 is 2.42 bits per heavy atom. The van der Waals surface area contributed by atoms with Gasteiger partial charge in [0.15, 0.2) is 11.5 Å². The van der Waals surface area contributed by atoms with E-state index in [-0.39, 0.29) is 38.7 Å². The highest BCUT2D eigenvalue weighted by atomic mass is 79.9. The van der Waals surface area contributed by atoms with Crippen LogP contribution in [0.4, 0.5) is 10.5 Å². The maximum atomic E-state index is 13.2. The molecule has 1 N–H and O–H groups in total. The fourth-order valence-corrected chi connectivity index (χ4v) is 5.34. The lowest BCUT2D eigenvalue weighted by Gasteiger charge is -2.26. The van der Waals surface area contributed by atoms with Crippen molar-refractivity contribution in [3.05, 3.63) is 86.9 Å². The summed E-state index contributed by atoms with van der Waals surface area (Å²) in [6, 6.07) is 14.2. The smallest absolute Gasteiger partial charge is 0.339 e. The molecule has 9 nitrogen and oxygen atoms in total. The molecule has 196 valence electrons. The first-order chi connectivity index (χ1) is 18.0. The summed E-state index contributed by atoms with van der Waals surface area (Å²) in [7, 11) is -4.18. The van der Waals surface area contributed by atoms with Gasteiger partial charge in [0.2, 0.25) is 0 Å². The number of urea groups is 1. The topological polar surface area (TPSA) is 119 Å². The van der Waals surface area contributed by atoms with E-state index < -0.39 is 28.0 Å². The average Bonchev–Trinajstić information content (AvgIpc) is 2.86. The largest absolute Gasteiger partial charge is 0.490 e. The molecule has 0 atom stereocenters. The highest BCUT2D eigenvalue weighted by Gasteiger charge is 2.37. The molecule has 38 heavy (non-hydrogen) atoms. The van der Waals surface area contributed by atoms with Crippen LogP contribution < -0.4 is 19.1 Å². The number of hydrogen-bond donors (Lipinski definition) is 1. The lowest BCUT2D eigenvalue weighted by Crippen LogP contribution is -2.54. The van der Waals surface area contributed by atoms with E-state index in [1.54, 1.807) is 38.1 Å². The van der Waals surface area contributed by atoms with Crippen LogP contribution in [0, 0.1) is 6.92 Å². The molecule has 0 unspecified atom stereocenters. The van der Waals surface area contributed by atoms with Gasteiger partial charge in [0, 0.05) is 5.02 Å². The van der Waals surface area contributed by atoms with Gasteiger partial charge in [-0.15, -0.1) is 0 Å². The van der Waals surface area contributed by atoms with Crippen molar-refractivity contribution in [3.8, 4) is 11.5 Å². The van der Waals surface area contributed by atoms with Gasteiger partial charge in [-0.25, -0.2) is 9.69 Å². The number of aryl methyl sites for hydroxylation is 1. The van der Waals surface area contributed by atoms with E-state index in [0.29, 0.717) is 10.6 Å². The maximum absolute atomic E-state index is 13.2. The standard InChI is InChI=1S/C26H20BrClN2O7S/c1-3-36-22-13-16(12-20(27)23(22)37-38(34,35)18-7-5-4-6-8-18)11-19-24(31)29-26(33)30(25(19)32)17-10-9-15(2)21(28)14-17/h4-14H,3H2,1-2H3,(H,29,31,33)/b19-11+. The number of nitrogens with one attached hydrogen (secondary N) is 1. The van der Waals surface area contributed by atoms with E-state index in [9.17, 15) is 22.8 Å². The first-order valence-corrected chi connectivity index (χ1v) is 13.7. The molecule has 0 aromatic heterocycles. The zero-order chi connectivity index (χ0) is 27.6. The third-order valence-corrected chi connectivity index (χ3v) is 7.61. The Bertz CT molecular complexity index is 1590. The maximum Gasteiger partial charge on any atom is 0.339 e. The van der Waals surface area contributed by atoms with Crippen molar-refractivity contribution in [2.24, 2.45) is 0 Å². The predicted molar refractivity (Wildman–Crippen MR) is 145 cm³/mol. The molecule has 0 saturated carbocycles. The number of carbonyl (C=O) groups is 3. The van der Waals surface area contributed by atoms with Gasteiger partial charge >= 0.3 is 16.1 Å². The number of barbiturate groups is 1. The molecular formula is C26H20BrClN2O7S. The number of hydrogen-bond acceptors (Lipinski definition) is 7. The fourth-order valence-electron chi connectivity index (χ4n) is 3.54. The lowest BCUT2D eigenvalue weighted by molar-refractivity contribution is -0.122. The van der Waals surface area contributed by atoms with Crippen LogP contribution in [0.2, 0.25) is 5.02 Å².